The van der Waals surface area contributed by atoms with E-state index in [0.717, 1.165) is 42.1 Å². The fraction of sp³-hybridized carbons (Fsp3) is 0.333. The highest BCUT2D eigenvalue weighted by atomic mass is 127. The largest absolute Gasteiger partial charge is 0.465 e. The molecule has 0 saturated heterocycles. The van der Waals surface area contributed by atoms with Crippen LogP contribution >= 0.6 is 22.9 Å². The second kappa shape index (κ2) is 9.52. The topological polar surface area (TPSA) is 112 Å². The van der Waals surface area contributed by atoms with E-state index in [1.54, 1.807) is 12.4 Å². The SMILES string of the molecule is O=C(O)NC1CCC2C(c3ccccn3)=NNC(c3ccccn3)=C2CCC1NI. The third-order valence-corrected chi connectivity index (χ3v) is 6.43. The molecule has 4 N–H and O–H groups in total. The minimum Gasteiger partial charge on any atom is -0.465 e. The van der Waals surface area contributed by atoms with Gasteiger partial charge < -0.3 is 10.4 Å². The normalized spacial score (nSPS) is 24.0. The summed E-state index contributed by atoms with van der Waals surface area (Å²) in [6.07, 6.45) is 5.61. The molecule has 0 spiro atoms. The van der Waals surface area contributed by atoms with E-state index in [1.807, 2.05) is 36.4 Å². The number of carboxylic acid groups (broad SMARTS) is 1. The van der Waals surface area contributed by atoms with Crippen LogP contribution in [0.3, 0.4) is 0 Å². The maximum atomic E-state index is 11.3. The van der Waals surface area contributed by atoms with E-state index in [9.17, 15) is 9.90 Å². The molecule has 2 aromatic heterocycles. The predicted molar refractivity (Wildman–Crippen MR) is 123 cm³/mol. The smallest absolute Gasteiger partial charge is 0.404 e. The number of amides is 1. The van der Waals surface area contributed by atoms with Crippen LogP contribution in [0.2, 0.25) is 0 Å². The van der Waals surface area contributed by atoms with Crippen molar-refractivity contribution in [3.05, 3.63) is 65.8 Å². The Kier molecular flexibility index (Phi) is 6.58. The molecule has 1 amide bonds. The average Bonchev–Trinajstić information content (AvgIpc) is 2.77. The van der Waals surface area contributed by atoms with Gasteiger partial charge in [0.15, 0.2) is 0 Å². The molecule has 2 aliphatic rings. The lowest BCUT2D eigenvalue weighted by molar-refractivity contribution is 0.184. The van der Waals surface area contributed by atoms with Crippen molar-refractivity contribution >= 4 is 40.4 Å². The standard InChI is InChI=1S/C21H23IN6O2/c22-26-16-10-8-14-13(7-9-15(16)25-21(29)30)19(17-5-1-3-11-23-17)27-28-20(14)18-6-2-4-12-24-18/h1-6,11-13,15-16,25-26,28H,7-10H2,(H,29,30). The number of carbonyl (C=O) groups is 1. The molecular formula is C21H23IN6O2. The third-order valence-electron chi connectivity index (χ3n) is 5.63. The number of allylic oxidation sites excluding steroid dienone is 1. The van der Waals surface area contributed by atoms with Gasteiger partial charge in [-0.15, -0.1) is 0 Å². The second-order valence-corrected chi connectivity index (χ2v) is 8.00. The Hall–Kier alpha value is -2.53. The molecule has 0 radical (unpaired) electrons. The molecule has 1 saturated carbocycles. The molecule has 0 aromatic carbocycles. The highest BCUT2D eigenvalue weighted by molar-refractivity contribution is 14.1. The Morgan fingerprint density at radius 1 is 1.03 bits per heavy atom. The van der Waals surface area contributed by atoms with E-state index >= 15 is 0 Å². The van der Waals surface area contributed by atoms with E-state index in [2.05, 4.69) is 47.1 Å². The molecule has 8 nitrogen and oxygen atoms in total. The second-order valence-electron chi connectivity index (χ2n) is 7.38. The first-order valence-corrected chi connectivity index (χ1v) is 11.0. The first-order chi connectivity index (χ1) is 14.7. The number of hydrogen-bond donors (Lipinski definition) is 4. The summed E-state index contributed by atoms with van der Waals surface area (Å²) in [6, 6.07) is 11.5. The van der Waals surface area contributed by atoms with Crippen LogP contribution in [0.1, 0.15) is 37.1 Å². The van der Waals surface area contributed by atoms with Gasteiger partial charge in [0.1, 0.15) is 0 Å². The van der Waals surface area contributed by atoms with Gasteiger partial charge in [0.05, 0.1) is 22.8 Å². The van der Waals surface area contributed by atoms with E-state index in [-0.39, 0.29) is 18.0 Å². The molecule has 0 bridgehead atoms. The van der Waals surface area contributed by atoms with Gasteiger partial charge in [-0.3, -0.25) is 18.9 Å². The molecule has 3 atom stereocenters. The van der Waals surface area contributed by atoms with Gasteiger partial charge >= 0.3 is 6.09 Å². The van der Waals surface area contributed by atoms with Crippen LogP contribution in [-0.4, -0.2) is 39.0 Å². The maximum Gasteiger partial charge on any atom is 0.404 e. The molecule has 4 rings (SSSR count). The summed E-state index contributed by atoms with van der Waals surface area (Å²) < 4.78 is 3.26. The number of halogens is 1. The van der Waals surface area contributed by atoms with E-state index in [4.69, 9.17) is 5.10 Å². The number of fused-ring (bicyclic) bond motifs is 1. The lowest BCUT2D eigenvalue weighted by Crippen LogP contribution is -2.48. The Morgan fingerprint density at radius 3 is 2.40 bits per heavy atom. The van der Waals surface area contributed by atoms with Gasteiger partial charge in [0.2, 0.25) is 0 Å². The quantitative estimate of drug-likeness (QED) is 0.365. The lowest BCUT2D eigenvalue weighted by Gasteiger charge is -2.35. The Balaban J connectivity index is 1.73. The Labute approximate surface area is 188 Å². The Morgan fingerprint density at radius 2 is 1.77 bits per heavy atom. The van der Waals surface area contributed by atoms with Crippen LogP contribution in [0, 0.1) is 5.92 Å². The fourth-order valence-electron chi connectivity index (χ4n) is 4.22. The summed E-state index contributed by atoms with van der Waals surface area (Å²) in [7, 11) is 0. The monoisotopic (exact) mass is 518 g/mol. The number of rotatable bonds is 4. The van der Waals surface area contributed by atoms with Crippen LogP contribution in [0.25, 0.3) is 5.70 Å². The van der Waals surface area contributed by atoms with E-state index < -0.39 is 6.09 Å². The first kappa shape index (κ1) is 20.7. The molecule has 9 heteroatoms. The zero-order valence-electron chi connectivity index (χ0n) is 16.3. The van der Waals surface area contributed by atoms with Crippen LogP contribution in [0.4, 0.5) is 4.79 Å². The van der Waals surface area contributed by atoms with Crippen molar-refractivity contribution < 1.29 is 9.90 Å². The van der Waals surface area contributed by atoms with E-state index in [1.165, 1.54) is 5.57 Å². The number of hydrogen-bond acceptors (Lipinski definition) is 6. The van der Waals surface area contributed by atoms with E-state index in [0.29, 0.717) is 6.42 Å². The predicted octanol–water partition coefficient (Wildman–Crippen LogP) is 3.33. The summed E-state index contributed by atoms with van der Waals surface area (Å²) in [4.78, 5) is 20.4. The van der Waals surface area contributed by atoms with Crippen LogP contribution < -0.4 is 14.3 Å². The fourth-order valence-corrected chi connectivity index (χ4v) is 4.96. The van der Waals surface area contributed by atoms with Crippen LogP contribution in [0.15, 0.2) is 59.5 Å². The maximum absolute atomic E-state index is 11.3. The van der Waals surface area contributed by atoms with Crippen molar-refractivity contribution in [1.29, 1.82) is 0 Å². The zero-order chi connectivity index (χ0) is 20.9. The van der Waals surface area contributed by atoms with Gasteiger partial charge in [0, 0.05) is 53.3 Å². The molecule has 2 aromatic rings. The highest BCUT2D eigenvalue weighted by Gasteiger charge is 2.35. The van der Waals surface area contributed by atoms with Crippen molar-refractivity contribution in [2.75, 3.05) is 0 Å². The van der Waals surface area contributed by atoms with Gasteiger partial charge in [-0.25, -0.2) is 4.79 Å². The van der Waals surface area contributed by atoms with Crippen LogP contribution in [0.5, 0.6) is 0 Å². The van der Waals surface area contributed by atoms with Gasteiger partial charge in [0.25, 0.3) is 0 Å². The molecular weight excluding hydrogens is 495 g/mol. The summed E-state index contributed by atoms with van der Waals surface area (Å²) in [5, 5.41) is 16.7. The van der Waals surface area contributed by atoms with Crippen molar-refractivity contribution in [1.82, 2.24) is 24.2 Å². The summed E-state index contributed by atoms with van der Waals surface area (Å²) >= 11 is 2.12. The highest BCUT2D eigenvalue weighted by Crippen LogP contribution is 2.36. The number of nitrogens with zero attached hydrogens (tertiary/aromatic N) is 3. The average molecular weight is 518 g/mol. The molecule has 1 fully saturated rings. The van der Waals surface area contributed by atoms with Crippen molar-refractivity contribution in [3.8, 4) is 0 Å². The molecule has 30 heavy (non-hydrogen) atoms. The van der Waals surface area contributed by atoms with Crippen molar-refractivity contribution in [2.45, 2.75) is 37.8 Å². The molecule has 1 aliphatic carbocycles. The summed E-state index contributed by atoms with van der Waals surface area (Å²) in [5.74, 6) is 0.0476. The lowest BCUT2D eigenvalue weighted by atomic mass is 9.78. The molecule has 3 unspecified atom stereocenters. The minimum atomic E-state index is -0.994. The van der Waals surface area contributed by atoms with Gasteiger partial charge in [-0.05, 0) is 55.5 Å². The zero-order valence-corrected chi connectivity index (χ0v) is 18.4. The molecule has 1 aliphatic heterocycles. The summed E-state index contributed by atoms with van der Waals surface area (Å²) in [6.45, 7) is 0. The minimum absolute atomic E-state index is 0.0392. The number of hydrazone groups is 1. The molecule has 156 valence electrons. The van der Waals surface area contributed by atoms with Crippen molar-refractivity contribution in [3.63, 3.8) is 0 Å². The van der Waals surface area contributed by atoms with Gasteiger partial charge in [-0.1, -0.05) is 12.1 Å². The number of aromatic nitrogens is 2. The number of pyridine rings is 2. The van der Waals surface area contributed by atoms with Gasteiger partial charge in [-0.2, -0.15) is 5.10 Å². The number of nitrogens with one attached hydrogen (secondary N) is 3. The first-order valence-electron chi connectivity index (χ1n) is 9.92. The Bertz CT molecular complexity index is 950. The third kappa shape index (κ3) is 4.46. The van der Waals surface area contributed by atoms with Crippen molar-refractivity contribution in [2.24, 2.45) is 11.0 Å². The molecule has 3 heterocycles. The summed E-state index contributed by atoms with van der Waals surface area (Å²) in [5.41, 5.74) is 8.01. The van der Waals surface area contributed by atoms with Crippen LogP contribution in [-0.2, 0) is 0 Å².